The third-order valence-electron chi connectivity index (χ3n) is 3.22. The van der Waals surface area contributed by atoms with Crippen LogP contribution in [0.25, 0.3) is 0 Å². The molecule has 1 unspecified atom stereocenters. The summed E-state index contributed by atoms with van der Waals surface area (Å²) in [5.74, 6) is -0.202. The van der Waals surface area contributed by atoms with E-state index in [2.05, 4.69) is 12.1 Å². The van der Waals surface area contributed by atoms with Crippen LogP contribution in [0.1, 0.15) is 29.2 Å². The summed E-state index contributed by atoms with van der Waals surface area (Å²) in [6, 6.07) is 15.0. The second-order valence-corrected chi connectivity index (χ2v) is 4.63. The van der Waals surface area contributed by atoms with Gasteiger partial charge in [-0.25, -0.2) is 4.39 Å². The van der Waals surface area contributed by atoms with Crippen molar-refractivity contribution in [2.24, 2.45) is 5.73 Å². The van der Waals surface area contributed by atoms with E-state index in [9.17, 15) is 4.39 Å². The molecule has 0 radical (unpaired) electrons. The van der Waals surface area contributed by atoms with E-state index in [1.165, 1.54) is 17.7 Å². The van der Waals surface area contributed by atoms with E-state index < -0.39 is 0 Å². The SMILES string of the molecule is Cc1cc(F)ccc1C(N)CCc1ccccc1. The summed E-state index contributed by atoms with van der Waals surface area (Å²) in [5.41, 5.74) is 9.42. The summed E-state index contributed by atoms with van der Waals surface area (Å²) in [5, 5.41) is 0. The normalized spacial score (nSPS) is 12.4. The van der Waals surface area contributed by atoms with E-state index >= 15 is 0 Å². The zero-order valence-electron chi connectivity index (χ0n) is 10.6. The molecule has 18 heavy (non-hydrogen) atoms. The van der Waals surface area contributed by atoms with Gasteiger partial charge in [0.2, 0.25) is 0 Å². The molecule has 0 aromatic heterocycles. The highest BCUT2D eigenvalue weighted by atomic mass is 19.1. The van der Waals surface area contributed by atoms with Gasteiger partial charge in [-0.05, 0) is 48.6 Å². The maximum absolute atomic E-state index is 13.0. The molecule has 0 saturated carbocycles. The Bertz CT molecular complexity index is 508. The molecule has 0 saturated heterocycles. The van der Waals surface area contributed by atoms with Crippen molar-refractivity contribution in [3.8, 4) is 0 Å². The third-order valence-corrected chi connectivity index (χ3v) is 3.22. The number of rotatable bonds is 4. The second kappa shape index (κ2) is 5.78. The molecule has 2 N–H and O–H groups in total. The Labute approximate surface area is 107 Å². The lowest BCUT2D eigenvalue weighted by atomic mass is 9.96. The smallest absolute Gasteiger partial charge is 0.123 e. The van der Waals surface area contributed by atoms with E-state index in [-0.39, 0.29) is 11.9 Å². The average Bonchev–Trinajstić information content (AvgIpc) is 2.37. The van der Waals surface area contributed by atoms with Gasteiger partial charge in [-0.15, -0.1) is 0 Å². The van der Waals surface area contributed by atoms with Gasteiger partial charge in [0.15, 0.2) is 0 Å². The van der Waals surface area contributed by atoms with Crippen LogP contribution in [0.4, 0.5) is 4.39 Å². The molecule has 2 heteroatoms. The molecular formula is C16H18FN. The van der Waals surface area contributed by atoms with Crippen LogP contribution in [0.3, 0.4) is 0 Å². The largest absolute Gasteiger partial charge is 0.324 e. The molecule has 0 aliphatic carbocycles. The van der Waals surface area contributed by atoms with E-state index in [0.29, 0.717) is 0 Å². The van der Waals surface area contributed by atoms with Crippen LogP contribution in [0.5, 0.6) is 0 Å². The van der Waals surface area contributed by atoms with Gasteiger partial charge >= 0.3 is 0 Å². The Balaban J connectivity index is 2.01. The summed E-state index contributed by atoms with van der Waals surface area (Å²) < 4.78 is 13.0. The van der Waals surface area contributed by atoms with E-state index in [0.717, 1.165) is 24.0 Å². The Hall–Kier alpha value is -1.67. The predicted molar refractivity (Wildman–Crippen MR) is 72.8 cm³/mol. The van der Waals surface area contributed by atoms with Gasteiger partial charge in [-0.2, -0.15) is 0 Å². The molecule has 0 spiro atoms. The number of halogens is 1. The molecule has 0 heterocycles. The minimum Gasteiger partial charge on any atom is -0.324 e. The van der Waals surface area contributed by atoms with Gasteiger partial charge in [-0.1, -0.05) is 36.4 Å². The molecule has 0 aliphatic rings. The number of aryl methyl sites for hydroxylation is 2. The summed E-state index contributed by atoms with van der Waals surface area (Å²) in [7, 11) is 0. The van der Waals surface area contributed by atoms with Gasteiger partial charge in [0.05, 0.1) is 0 Å². The van der Waals surface area contributed by atoms with E-state index in [4.69, 9.17) is 5.73 Å². The molecule has 1 nitrogen and oxygen atoms in total. The fourth-order valence-corrected chi connectivity index (χ4v) is 2.18. The average molecular weight is 243 g/mol. The number of hydrogen-bond donors (Lipinski definition) is 1. The zero-order chi connectivity index (χ0) is 13.0. The van der Waals surface area contributed by atoms with Crippen molar-refractivity contribution >= 4 is 0 Å². The summed E-state index contributed by atoms with van der Waals surface area (Å²) in [6.07, 6.45) is 1.81. The number of benzene rings is 2. The highest BCUT2D eigenvalue weighted by Crippen LogP contribution is 2.21. The van der Waals surface area contributed by atoms with Crippen molar-refractivity contribution in [1.82, 2.24) is 0 Å². The van der Waals surface area contributed by atoms with Crippen LogP contribution in [0.15, 0.2) is 48.5 Å². The molecule has 0 amide bonds. The van der Waals surface area contributed by atoms with Crippen molar-refractivity contribution in [3.63, 3.8) is 0 Å². The molecular weight excluding hydrogens is 225 g/mol. The van der Waals surface area contributed by atoms with Crippen LogP contribution < -0.4 is 5.73 Å². The third kappa shape index (κ3) is 3.17. The van der Waals surface area contributed by atoms with Gasteiger partial charge in [0.1, 0.15) is 5.82 Å². The van der Waals surface area contributed by atoms with Crippen molar-refractivity contribution in [1.29, 1.82) is 0 Å². The second-order valence-electron chi connectivity index (χ2n) is 4.63. The van der Waals surface area contributed by atoms with Gasteiger partial charge in [0.25, 0.3) is 0 Å². The molecule has 2 aromatic carbocycles. The first-order chi connectivity index (χ1) is 8.66. The lowest BCUT2D eigenvalue weighted by Gasteiger charge is -2.14. The number of hydrogen-bond acceptors (Lipinski definition) is 1. The summed E-state index contributed by atoms with van der Waals surface area (Å²) in [6.45, 7) is 1.90. The highest BCUT2D eigenvalue weighted by Gasteiger charge is 2.09. The Morgan fingerprint density at radius 1 is 1.11 bits per heavy atom. The first-order valence-electron chi connectivity index (χ1n) is 6.22. The van der Waals surface area contributed by atoms with Gasteiger partial charge in [0, 0.05) is 6.04 Å². The highest BCUT2D eigenvalue weighted by molar-refractivity contribution is 5.29. The van der Waals surface area contributed by atoms with E-state index in [1.807, 2.05) is 25.1 Å². The minimum atomic E-state index is -0.202. The first kappa shape index (κ1) is 12.8. The van der Waals surface area contributed by atoms with Crippen molar-refractivity contribution in [2.45, 2.75) is 25.8 Å². The van der Waals surface area contributed by atoms with Crippen LogP contribution in [0, 0.1) is 12.7 Å². The van der Waals surface area contributed by atoms with Gasteiger partial charge < -0.3 is 5.73 Å². The maximum atomic E-state index is 13.0. The Kier molecular flexibility index (Phi) is 4.11. The van der Waals surface area contributed by atoms with Gasteiger partial charge in [-0.3, -0.25) is 0 Å². The maximum Gasteiger partial charge on any atom is 0.123 e. The Morgan fingerprint density at radius 2 is 1.83 bits per heavy atom. The molecule has 0 aliphatic heterocycles. The standard InChI is InChI=1S/C16H18FN/c1-12-11-14(17)8-9-15(12)16(18)10-7-13-5-3-2-4-6-13/h2-6,8-9,11,16H,7,10,18H2,1H3. The zero-order valence-corrected chi connectivity index (χ0v) is 10.6. The molecule has 2 aromatic rings. The first-order valence-corrected chi connectivity index (χ1v) is 6.22. The van der Waals surface area contributed by atoms with Crippen molar-refractivity contribution < 1.29 is 4.39 Å². The predicted octanol–water partition coefficient (Wildman–Crippen LogP) is 3.77. The molecule has 0 fully saturated rings. The lowest BCUT2D eigenvalue weighted by molar-refractivity contribution is 0.616. The molecule has 1 atom stereocenters. The van der Waals surface area contributed by atoms with Crippen LogP contribution >= 0.6 is 0 Å². The Morgan fingerprint density at radius 3 is 2.50 bits per heavy atom. The fourth-order valence-electron chi connectivity index (χ4n) is 2.18. The molecule has 94 valence electrons. The summed E-state index contributed by atoms with van der Waals surface area (Å²) in [4.78, 5) is 0. The minimum absolute atomic E-state index is 0.0363. The topological polar surface area (TPSA) is 26.0 Å². The quantitative estimate of drug-likeness (QED) is 0.869. The summed E-state index contributed by atoms with van der Waals surface area (Å²) >= 11 is 0. The molecule has 2 rings (SSSR count). The van der Waals surface area contributed by atoms with Crippen LogP contribution in [0.2, 0.25) is 0 Å². The lowest BCUT2D eigenvalue weighted by Crippen LogP contribution is -2.13. The van der Waals surface area contributed by atoms with Crippen LogP contribution in [-0.4, -0.2) is 0 Å². The van der Waals surface area contributed by atoms with Crippen molar-refractivity contribution in [2.75, 3.05) is 0 Å². The van der Waals surface area contributed by atoms with Crippen LogP contribution in [-0.2, 0) is 6.42 Å². The molecule has 0 bridgehead atoms. The van der Waals surface area contributed by atoms with E-state index in [1.54, 1.807) is 6.07 Å². The van der Waals surface area contributed by atoms with Crippen molar-refractivity contribution in [3.05, 3.63) is 71.0 Å². The monoisotopic (exact) mass is 243 g/mol. The fraction of sp³-hybridized carbons (Fsp3) is 0.250. The number of nitrogens with two attached hydrogens (primary N) is 1.